The molecule has 1 aliphatic rings. The molecule has 1 fully saturated rings. The van der Waals surface area contributed by atoms with Crippen LogP contribution in [-0.4, -0.2) is 31.2 Å². The van der Waals surface area contributed by atoms with Gasteiger partial charge in [-0.3, -0.25) is 9.59 Å². The van der Waals surface area contributed by atoms with E-state index in [1.807, 2.05) is 72.8 Å². The van der Waals surface area contributed by atoms with E-state index in [0.29, 0.717) is 17.0 Å². The molecule has 0 spiro atoms. The SMILES string of the molecule is O=C(NCc1ccc(Cl)cc1)[C@H](c1ccccc1)N(Cc1ccccc1)C(=O)CCc1ccc(S(=O)(=O)NC2CC2)cc1. The molecule has 2 amide bonds. The Hall–Kier alpha value is -3.98. The Morgan fingerprint density at radius 1 is 0.791 bits per heavy atom. The molecule has 0 saturated heterocycles. The first kappa shape index (κ1) is 30.5. The number of nitrogens with one attached hydrogen (secondary N) is 2. The molecule has 2 N–H and O–H groups in total. The highest BCUT2D eigenvalue weighted by molar-refractivity contribution is 7.89. The molecule has 0 aromatic heterocycles. The van der Waals surface area contributed by atoms with Crippen LogP contribution in [-0.2, 0) is 39.1 Å². The van der Waals surface area contributed by atoms with Gasteiger partial charge in [-0.1, -0.05) is 96.5 Å². The molecular formula is C34H34ClN3O4S. The molecule has 0 unspecified atom stereocenters. The van der Waals surface area contributed by atoms with Crippen molar-refractivity contribution in [2.45, 2.75) is 55.8 Å². The molecule has 4 aromatic carbocycles. The second-order valence-electron chi connectivity index (χ2n) is 10.7. The average Bonchev–Trinajstić information content (AvgIpc) is 3.84. The molecule has 5 rings (SSSR count). The van der Waals surface area contributed by atoms with Crippen LogP contribution in [0.3, 0.4) is 0 Å². The third-order valence-electron chi connectivity index (χ3n) is 7.33. The Labute approximate surface area is 257 Å². The second kappa shape index (κ2) is 14.0. The zero-order chi connectivity index (χ0) is 30.2. The minimum atomic E-state index is -3.55. The summed E-state index contributed by atoms with van der Waals surface area (Å²) < 4.78 is 27.8. The van der Waals surface area contributed by atoms with E-state index in [4.69, 9.17) is 11.6 Å². The van der Waals surface area contributed by atoms with Crippen molar-refractivity contribution in [3.05, 3.63) is 136 Å². The zero-order valence-electron chi connectivity index (χ0n) is 23.7. The van der Waals surface area contributed by atoms with Crippen molar-refractivity contribution in [2.75, 3.05) is 0 Å². The predicted octanol–water partition coefficient (Wildman–Crippen LogP) is 5.80. The van der Waals surface area contributed by atoms with E-state index in [1.165, 1.54) is 0 Å². The van der Waals surface area contributed by atoms with Gasteiger partial charge < -0.3 is 10.2 Å². The van der Waals surface area contributed by atoms with Crippen LogP contribution in [0, 0.1) is 0 Å². The molecule has 1 atom stereocenters. The fraction of sp³-hybridized carbons (Fsp3) is 0.235. The Morgan fingerprint density at radius 3 is 2.02 bits per heavy atom. The summed E-state index contributed by atoms with van der Waals surface area (Å²) >= 11 is 6.02. The van der Waals surface area contributed by atoms with E-state index in [9.17, 15) is 18.0 Å². The Morgan fingerprint density at radius 2 is 1.40 bits per heavy atom. The van der Waals surface area contributed by atoms with Gasteiger partial charge >= 0.3 is 0 Å². The van der Waals surface area contributed by atoms with Crippen LogP contribution in [0.1, 0.15) is 47.6 Å². The molecular weight excluding hydrogens is 582 g/mol. The highest BCUT2D eigenvalue weighted by Gasteiger charge is 2.31. The summed E-state index contributed by atoms with van der Waals surface area (Å²) in [6.07, 6.45) is 2.27. The summed E-state index contributed by atoms with van der Waals surface area (Å²) in [6.45, 7) is 0.537. The number of benzene rings is 4. The molecule has 4 aromatic rings. The summed E-state index contributed by atoms with van der Waals surface area (Å²) in [4.78, 5) is 29.6. The van der Waals surface area contributed by atoms with Gasteiger partial charge in [-0.25, -0.2) is 13.1 Å². The summed E-state index contributed by atoms with van der Waals surface area (Å²) in [5, 5.41) is 3.63. The number of nitrogens with zero attached hydrogens (tertiary/aromatic N) is 1. The fourth-order valence-corrected chi connectivity index (χ4v) is 6.25. The van der Waals surface area contributed by atoms with E-state index in [1.54, 1.807) is 41.3 Å². The van der Waals surface area contributed by atoms with Crippen LogP contribution >= 0.6 is 11.6 Å². The summed E-state index contributed by atoms with van der Waals surface area (Å²) in [5.41, 5.74) is 3.34. The number of sulfonamides is 1. The van der Waals surface area contributed by atoms with E-state index in [0.717, 1.165) is 29.5 Å². The van der Waals surface area contributed by atoms with Gasteiger partial charge in [0.25, 0.3) is 0 Å². The van der Waals surface area contributed by atoms with E-state index in [-0.39, 0.29) is 42.3 Å². The summed E-state index contributed by atoms with van der Waals surface area (Å²) in [7, 11) is -3.55. The first-order valence-corrected chi connectivity index (χ1v) is 16.2. The van der Waals surface area contributed by atoms with Crippen molar-refractivity contribution in [2.24, 2.45) is 0 Å². The molecule has 7 nitrogen and oxygen atoms in total. The van der Waals surface area contributed by atoms with Gasteiger partial charge in [0, 0.05) is 30.6 Å². The quantitative estimate of drug-likeness (QED) is 0.199. The van der Waals surface area contributed by atoms with Gasteiger partial charge in [-0.15, -0.1) is 0 Å². The smallest absolute Gasteiger partial charge is 0.247 e. The van der Waals surface area contributed by atoms with Crippen molar-refractivity contribution < 1.29 is 18.0 Å². The fourth-order valence-electron chi connectivity index (χ4n) is 4.82. The number of hydrogen-bond acceptors (Lipinski definition) is 4. The minimum absolute atomic E-state index is 0.0267. The van der Waals surface area contributed by atoms with Crippen LogP contribution in [0.2, 0.25) is 5.02 Å². The molecule has 222 valence electrons. The monoisotopic (exact) mass is 615 g/mol. The molecule has 9 heteroatoms. The first-order valence-electron chi connectivity index (χ1n) is 14.3. The van der Waals surface area contributed by atoms with Crippen molar-refractivity contribution >= 4 is 33.4 Å². The van der Waals surface area contributed by atoms with Crippen LogP contribution in [0.5, 0.6) is 0 Å². The predicted molar refractivity (Wildman–Crippen MR) is 168 cm³/mol. The van der Waals surface area contributed by atoms with Crippen molar-refractivity contribution in [1.82, 2.24) is 14.9 Å². The van der Waals surface area contributed by atoms with Gasteiger partial charge in [0.05, 0.1) is 4.90 Å². The molecule has 0 bridgehead atoms. The second-order valence-corrected chi connectivity index (χ2v) is 12.9. The van der Waals surface area contributed by atoms with E-state index < -0.39 is 16.1 Å². The third kappa shape index (κ3) is 8.54. The lowest BCUT2D eigenvalue weighted by Crippen LogP contribution is -2.43. The van der Waals surface area contributed by atoms with Crippen LogP contribution in [0.4, 0.5) is 0 Å². The maximum Gasteiger partial charge on any atom is 0.247 e. The number of halogens is 1. The average molecular weight is 616 g/mol. The van der Waals surface area contributed by atoms with Crippen molar-refractivity contribution in [1.29, 1.82) is 0 Å². The Bertz CT molecular complexity index is 1630. The van der Waals surface area contributed by atoms with Crippen LogP contribution < -0.4 is 10.0 Å². The Kier molecular flexibility index (Phi) is 9.92. The molecule has 1 saturated carbocycles. The maximum atomic E-state index is 13.9. The van der Waals surface area contributed by atoms with Crippen LogP contribution in [0.25, 0.3) is 0 Å². The number of hydrogen-bond donors (Lipinski definition) is 2. The Balaban J connectivity index is 1.35. The lowest BCUT2D eigenvalue weighted by atomic mass is 10.0. The summed E-state index contributed by atoms with van der Waals surface area (Å²) in [6, 6.07) is 31.9. The molecule has 0 aliphatic heterocycles. The first-order chi connectivity index (χ1) is 20.8. The normalized spacial score (nSPS) is 13.7. The van der Waals surface area contributed by atoms with E-state index >= 15 is 0 Å². The molecule has 0 radical (unpaired) electrons. The number of rotatable bonds is 13. The molecule has 43 heavy (non-hydrogen) atoms. The van der Waals surface area contributed by atoms with E-state index in [2.05, 4.69) is 10.0 Å². The number of amides is 2. The molecule has 1 aliphatic carbocycles. The van der Waals surface area contributed by atoms with Crippen molar-refractivity contribution in [3.8, 4) is 0 Å². The molecule has 0 heterocycles. The van der Waals surface area contributed by atoms with Crippen molar-refractivity contribution in [3.63, 3.8) is 0 Å². The zero-order valence-corrected chi connectivity index (χ0v) is 25.2. The lowest BCUT2D eigenvalue weighted by Gasteiger charge is -2.32. The highest BCUT2D eigenvalue weighted by atomic mass is 35.5. The third-order valence-corrected chi connectivity index (χ3v) is 9.12. The summed E-state index contributed by atoms with van der Waals surface area (Å²) in [5.74, 6) is -0.477. The van der Waals surface area contributed by atoms with Crippen LogP contribution in [0.15, 0.2) is 114 Å². The lowest BCUT2D eigenvalue weighted by molar-refractivity contribution is -0.141. The van der Waals surface area contributed by atoms with Gasteiger partial charge in [0.1, 0.15) is 6.04 Å². The largest absolute Gasteiger partial charge is 0.350 e. The number of carbonyl (C=O) groups excluding carboxylic acids is 2. The number of aryl methyl sites for hydroxylation is 1. The van der Waals surface area contributed by atoms with Gasteiger partial charge in [0.15, 0.2) is 0 Å². The number of carbonyl (C=O) groups is 2. The topological polar surface area (TPSA) is 95.6 Å². The van der Waals surface area contributed by atoms with Gasteiger partial charge in [-0.05, 0) is 65.8 Å². The standard InChI is InChI=1S/C34H34ClN3O4S/c35-29-16-11-26(12-17-29)23-36-34(40)33(28-9-5-2-6-10-28)38(24-27-7-3-1-4-8-27)32(39)22-15-25-13-20-31(21-14-25)43(41,42)37-30-18-19-30/h1-14,16-17,20-21,30,33,37H,15,18-19,22-24H2,(H,36,40)/t33-/m0/s1. The van der Waals surface area contributed by atoms with Gasteiger partial charge in [-0.2, -0.15) is 0 Å². The van der Waals surface area contributed by atoms with Gasteiger partial charge in [0.2, 0.25) is 21.8 Å². The minimum Gasteiger partial charge on any atom is -0.350 e. The maximum absolute atomic E-state index is 13.9. The highest BCUT2D eigenvalue weighted by Crippen LogP contribution is 2.26.